The van der Waals surface area contributed by atoms with Gasteiger partial charge in [-0.15, -0.1) is 0 Å². The van der Waals surface area contributed by atoms with E-state index in [1.54, 1.807) is 48.5 Å². The molecule has 1 aliphatic heterocycles. The van der Waals surface area contributed by atoms with Crippen LogP contribution in [0.1, 0.15) is 25.8 Å². The van der Waals surface area contributed by atoms with Gasteiger partial charge in [-0.1, -0.05) is 36.2 Å². The fourth-order valence-corrected chi connectivity index (χ4v) is 2.89. The van der Waals surface area contributed by atoms with Gasteiger partial charge in [0.2, 0.25) is 0 Å². The van der Waals surface area contributed by atoms with Crippen LogP contribution < -0.4 is 15.0 Å². The number of ether oxygens (including phenoxy) is 1. The minimum atomic E-state index is -0.517. The lowest BCUT2D eigenvalue weighted by Crippen LogP contribution is -2.30. The number of nitrogens with one attached hydrogen (secondary N) is 1. The number of hydrogen-bond donors (Lipinski definition) is 1. The molecule has 7 heteroatoms. The van der Waals surface area contributed by atoms with Crippen molar-refractivity contribution in [3.8, 4) is 5.75 Å². The Hall–Kier alpha value is -2.50. The van der Waals surface area contributed by atoms with Crippen LogP contribution in [0.25, 0.3) is 6.08 Å². The van der Waals surface area contributed by atoms with Gasteiger partial charge in [0, 0.05) is 5.02 Å². The summed E-state index contributed by atoms with van der Waals surface area (Å²) in [5.41, 5.74) is 1.29. The minimum Gasteiger partial charge on any atom is -0.489 e. The first-order valence-corrected chi connectivity index (χ1v) is 9.23. The second-order valence-corrected chi connectivity index (χ2v) is 6.98. The summed E-state index contributed by atoms with van der Waals surface area (Å²) in [6.07, 6.45) is 2.49. The van der Waals surface area contributed by atoms with Crippen molar-refractivity contribution < 1.29 is 14.3 Å². The average molecular weight is 405 g/mol. The molecular weight excluding hydrogens is 387 g/mol. The van der Waals surface area contributed by atoms with E-state index in [4.69, 9.17) is 27.9 Å². The van der Waals surface area contributed by atoms with E-state index in [0.29, 0.717) is 27.0 Å². The predicted molar refractivity (Wildman–Crippen MR) is 107 cm³/mol. The van der Waals surface area contributed by atoms with Gasteiger partial charge in [-0.25, -0.2) is 9.69 Å². The summed E-state index contributed by atoms with van der Waals surface area (Å²) in [6, 6.07) is 11.2. The number of hydrogen-bond acceptors (Lipinski definition) is 3. The molecule has 0 bridgehead atoms. The second kappa shape index (κ2) is 8.03. The molecule has 1 N–H and O–H groups in total. The molecule has 0 aromatic heterocycles. The largest absolute Gasteiger partial charge is 0.489 e. The quantitative estimate of drug-likeness (QED) is 0.545. The Labute approximate surface area is 167 Å². The molecule has 0 aliphatic carbocycles. The van der Waals surface area contributed by atoms with Crippen LogP contribution in [0.3, 0.4) is 0 Å². The van der Waals surface area contributed by atoms with Crippen LogP contribution in [0.2, 0.25) is 10.0 Å². The second-order valence-electron chi connectivity index (χ2n) is 6.13. The molecule has 140 valence electrons. The number of urea groups is 1. The minimum absolute atomic E-state index is 0.0512. The molecule has 1 fully saturated rings. The Balaban J connectivity index is 1.83. The topological polar surface area (TPSA) is 58.6 Å². The number of carbonyl (C=O) groups excluding carboxylic acids is 2. The van der Waals surface area contributed by atoms with E-state index in [2.05, 4.69) is 5.32 Å². The maximum atomic E-state index is 12.6. The Bertz CT molecular complexity index is 910. The summed E-state index contributed by atoms with van der Waals surface area (Å²) < 4.78 is 5.73. The molecule has 1 aliphatic rings. The van der Waals surface area contributed by atoms with Crippen molar-refractivity contribution in [3.05, 3.63) is 63.8 Å². The van der Waals surface area contributed by atoms with E-state index in [1.807, 2.05) is 13.8 Å². The van der Waals surface area contributed by atoms with Crippen molar-refractivity contribution in [1.82, 2.24) is 5.32 Å². The van der Waals surface area contributed by atoms with Gasteiger partial charge in [0.25, 0.3) is 5.91 Å². The fraction of sp³-hybridized carbons (Fsp3) is 0.200. The molecule has 0 spiro atoms. The van der Waals surface area contributed by atoms with E-state index in [-0.39, 0.29) is 11.8 Å². The summed E-state index contributed by atoms with van der Waals surface area (Å²) in [4.78, 5) is 25.9. The van der Waals surface area contributed by atoms with E-state index in [0.717, 1.165) is 11.3 Å². The SMILES string of the molecule is CC[C@@H](C)Oc1ccc(/C=C2/NC(=O)N(c3ccc(Cl)cc3)C2=O)cc1Cl. The Morgan fingerprint density at radius 3 is 2.48 bits per heavy atom. The number of carbonyl (C=O) groups is 2. The van der Waals surface area contributed by atoms with Crippen LogP contribution >= 0.6 is 23.2 Å². The Morgan fingerprint density at radius 1 is 1.15 bits per heavy atom. The molecule has 1 heterocycles. The third kappa shape index (κ3) is 4.26. The predicted octanol–water partition coefficient (Wildman–Crippen LogP) is 5.27. The highest BCUT2D eigenvalue weighted by molar-refractivity contribution is 6.32. The lowest BCUT2D eigenvalue weighted by molar-refractivity contribution is -0.113. The Morgan fingerprint density at radius 2 is 1.85 bits per heavy atom. The van der Waals surface area contributed by atoms with Crippen molar-refractivity contribution in [3.63, 3.8) is 0 Å². The smallest absolute Gasteiger partial charge is 0.333 e. The van der Waals surface area contributed by atoms with Crippen molar-refractivity contribution in [1.29, 1.82) is 0 Å². The zero-order chi connectivity index (χ0) is 19.6. The summed E-state index contributed by atoms with van der Waals surface area (Å²) in [5.74, 6) is 0.135. The van der Waals surface area contributed by atoms with E-state index < -0.39 is 11.9 Å². The van der Waals surface area contributed by atoms with Crippen LogP contribution in [0.4, 0.5) is 10.5 Å². The third-order valence-corrected chi connectivity index (χ3v) is 4.68. The fourth-order valence-electron chi connectivity index (χ4n) is 2.53. The van der Waals surface area contributed by atoms with E-state index >= 15 is 0 Å². The maximum absolute atomic E-state index is 12.6. The first kappa shape index (κ1) is 19.3. The third-order valence-electron chi connectivity index (χ3n) is 4.13. The zero-order valence-corrected chi connectivity index (χ0v) is 16.3. The van der Waals surface area contributed by atoms with Crippen LogP contribution in [0, 0.1) is 0 Å². The average Bonchev–Trinajstić information content (AvgIpc) is 2.91. The number of rotatable bonds is 5. The van der Waals surface area contributed by atoms with Gasteiger partial charge in [0.05, 0.1) is 16.8 Å². The monoisotopic (exact) mass is 404 g/mol. The summed E-state index contributed by atoms with van der Waals surface area (Å²) in [5, 5.41) is 3.55. The number of nitrogens with zero attached hydrogens (tertiary/aromatic N) is 1. The zero-order valence-electron chi connectivity index (χ0n) is 14.8. The standard InChI is InChI=1S/C20H18Cl2N2O3/c1-3-12(2)27-18-9-4-13(10-16(18)22)11-17-19(25)24(20(26)23-17)15-7-5-14(21)6-8-15/h4-12H,3H2,1-2H3,(H,23,26)/b17-11+/t12-/m1/s1. The first-order valence-electron chi connectivity index (χ1n) is 8.48. The molecule has 1 atom stereocenters. The molecule has 3 amide bonds. The van der Waals surface area contributed by atoms with Crippen molar-refractivity contribution >= 4 is 46.9 Å². The van der Waals surface area contributed by atoms with Crippen LogP contribution in [-0.2, 0) is 4.79 Å². The van der Waals surface area contributed by atoms with Gasteiger partial charge < -0.3 is 10.1 Å². The summed E-state index contributed by atoms with van der Waals surface area (Å²) in [7, 11) is 0. The molecule has 5 nitrogen and oxygen atoms in total. The number of halogens is 2. The number of benzene rings is 2. The number of imide groups is 1. The summed E-state index contributed by atoms with van der Waals surface area (Å²) >= 11 is 12.1. The normalized spacial score (nSPS) is 16.6. The van der Waals surface area contributed by atoms with Gasteiger partial charge in [-0.2, -0.15) is 0 Å². The van der Waals surface area contributed by atoms with Crippen molar-refractivity contribution in [2.24, 2.45) is 0 Å². The highest BCUT2D eigenvalue weighted by atomic mass is 35.5. The van der Waals surface area contributed by atoms with Gasteiger partial charge >= 0.3 is 6.03 Å². The maximum Gasteiger partial charge on any atom is 0.333 e. The lowest BCUT2D eigenvalue weighted by Gasteiger charge is -2.14. The van der Waals surface area contributed by atoms with E-state index in [9.17, 15) is 9.59 Å². The molecule has 2 aromatic rings. The molecule has 0 radical (unpaired) electrons. The van der Waals surface area contributed by atoms with Crippen molar-refractivity contribution in [2.75, 3.05) is 4.90 Å². The van der Waals surface area contributed by atoms with Crippen LogP contribution in [-0.4, -0.2) is 18.0 Å². The van der Waals surface area contributed by atoms with E-state index in [1.165, 1.54) is 0 Å². The van der Waals surface area contributed by atoms with Gasteiger partial charge in [-0.3, -0.25) is 4.79 Å². The lowest BCUT2D eigenvalue weighted by atomic mass is 10.1. The summed E-state index contributed by atoms with van der Waals surface area (Å²) in [6.45, 7) is 3.99. The van der Waals surface area contributed by atoms with Crippen molar-refractivity contribution in [2.45, 2.75) is 26.4 Å². The Kier molecular flexibility index (Phi) is 5.73. The number of amides is 3. The molecular formula is C20H18Cl2N2O3. The molecule has 0 saturated carbocycles. The molecule has 2 aromatic carbocycles. The van der Waals surface area contributed by atoms with Crippen LogP contribution in [0.15, 0.2) is 48.2 Å². The number of anilines is 1. The van der Waals surface area contributed by atoms with Crippen LogP contribution in [0.5, 0.6) is 5.75 Å². The molecule has 3 rings (SSSR count). The van der Waals surface area contributed by atoms with Gasteiger partial charge in [0.1, 0.15) is 11.4 Å². The molecule has 27 heavy (non-hydrogen) atoms. The first-order chi connectivity index (χ1) is 12.9. The highest BCUT2D eigenvalue weighted by Gasteiger charge is 2.34. The molecule has 0 unspecified atom stereocenters. The highest BCUT2D eigenvalue weighted by Crippen LogP contribution is 2.29. The van der Waals surface area contributed by atoms with Gasteiger partial charge in [-0.05, 0) is 61.4 Å². The molecule has 1 saturated heterocycles. The van der Waals surface area contributed by atoms with Gasteiger partial charge in [0.15, 0.2) is 0 Å².